The Kier molecular flexibility index (Phi) is 11.3. The molecule has 21 heavy (non-hydrogen) atoms. The van der Waals surface area contributed by atoms with Gasteiger partial charge in [-0.25, -0.2) is 4.79 Å². The molecule has 0 saturated carbocycles. The molecule has 1 aromatic rings. The quantitative estimate of drug-likeness (QED) is 0.502. The Balaban J connectivity index is 0.000000382. The topological polar surface area (TPSA) is 75.3 Å². The second kappa shape index (κ2) is 12.2. The van der Waals surface area contributed by atoms with Crippen molar-refractivity contribution in [3.05, 3.63) is 29.8 Å². The number of aromatic carboxylic acids is 1. The maximum Gasteiger partial charge on any atom is 0.335 e. The monoisotopic (exact) mass is 294 g/mol. The van der Waals surface area contributed by atoms with Crippen molar-refractivity contribution in [2.24, 2.45) is 0 Å². The number of carbonyl (C=O) groups is 1. The predicted octanol–water partition coefficient (Wildman–Crippen LogP) is 3.92. The Morgan fingerprint density at radius 1 is 1.14 bits per heavy atom. The van der Waals surface area contributed by atoms with Gasteiger partial charge >= 0.3 is 5.97 Å². The van der Waals surface area contributed by atoms with Crippen molar-refractivity contribution in [1.29, 1.82) is 0 Å². The Labute approximate surface area is 128 Å². The van der Waals surface area contributed by atoms with Crippen LogP contribution in [-0.2, 0) is 0 Å². The normalized spacial score (nSPS) is 10.1. The fourth-order valence-electron chi connectivity index (χ4n) is 1.74. The van der Waals surface area contributed by atoms with Gasteiger partial charge in [-0.2, -0.15) is 0 Å². The second-order valence-corrected chi connectivity index (χ2v) is 5.45. The lowest BCUT2D eigenvalue weighted by molar-refractivity contribution is 0.0697. The third-order valence-electron chi connectivity index (χ3n) is 2.99. The molecule has 120 valence electrons. The van der Waals surface area contributed by atoms with Gasteiger partial charge in [0.05, 0.1) is 5.56 Å². The van der Waals surface area contributed by atoms with Crippen molar-refractivity contribution in [1.82, 2.24) is 5.32 Å². The lowest BCUT2D eigenvalue weighted by Crippen LogP contribution is -2.23. The van der Waals surface area contributed by atoms with Crippen LogP contribution in [0.3, 0.4) is 0 Å². The number of rotatable bonds is 8. The molecule has 0 aromatic heterocycles. The van der Waals surface area contributed by atoms with Gasteiger partial charge in [0.1, 0.15) is 0 Å². The van der Waals surface area contributed by atoms with Crippen LogP contribution >= 0.6 is 0 Å². The lowest BCUT2D eigenvalue weighted by atomic mass is 10.1. The Bertz CT molecular complexity index is 375. The maximum atomic E-state index is 10.3. The van der Waals surface area contributed by atoms with E-state index in [1.165, 1.54) is 50.8 Å². The summed E-state index contributed by atoms with van der Waals surface area (Å²) in [6, 6.07) is 6.71. The summed E-state index contributed by atoms with van der Waals surface area (Å²) in [6.07, 6.45) is 6.90. The molecule has 4 heteroatoms. The molecule has 4 N–H and O–H groups in total. The Morgan fingerprint density at radius 3 is 2.19 bits per heavy atom. The predicted molar refractivity (Wildman–Crippen MR) is 89.7 cm³/mol. The first-order valence-corrected chi connectivity index (χ1v) is 7.79. The van der Waals surface area contributed by atoms with Crippen LogP contribution in [0.15, 0.2) is 24.3 Å². The number of nitrogens with one attached hydrogen (secondary N) is 1. The number of nitrogen functional groups attached to an aromatic ring is 1. The van der Waals surface area contributed by atoms with E-state index in [1.807, 2.05) is 0 Å². The minimum absolute atomic E-state index is 0.259. The van der Waals surface area contributed by atoms with Crippen LogP contribution < -0.4 is 11.1 Å². The van der Waals surface area contributed by atoms with Crippen LogP contribution in [0, 0.1) is 0 Å². The zero-order valence-corrected chi connectivity index (χ0v) is 13.6. The lowest BCUT2D eigenvalue weighted by Gasteiger charge is -2.06. The third-order valence-corrected chi connectivity index (χ3v) is 2.99. The molecule has 1 rings (SSSR count). The number of anilines is 1. The maximum absolute atomic E-state index is 10.3. The summed E-state index contributed by atoms with van der Waals surface area (Å²) in [5.41, 5.74) is 6.17. The molecule has 1 aromatic carbocycles. The molecule has 0 fully saturated rings. The van der Waals surface area contributed by atoms with Gasteiger partial charge in [0.2, 0.25) is 0 Å². The summed E-state index contributed by atoms with van der Waals surface area (Å²) in [6.45, 7) is 7.85. The number of hydrogen-bond acceptors (Lipinski definition) is 3. The van der Waals surface area contributed by atoms with E-state index < -0.39 is 5.97 Å². The average molecular weight is 294 g/mol. The van der Waals surface area contributed by atoms with Gasteiger partial charge in [-0.15, -0.1) is 0 Å². The minimum Gasteiger partial charge on any atom is -0.478 e. The van der Waals surface area contributed by atoms with Crippen LogP contribution in [0.25, 0.3) is 0 Å². The van der Waals surface area contributed by atoms with Crippen molar-refractivity contribution in [3.8, 4) is 0 Å². The molecule has 4 nitrogen and oxygen atoms in total. The highest BCUT2D eigenvalue weighted by Gasteiger charge is 1.98. The van der Waals surface area contributed by atoms with E-state index in [-0.39, 0.29) is 5.56 Å². The van der Waals surface area contributed by atoms with Crippen molar-refractivity contribution in [2.75, 3.05) is 12.3 Å². The van der Waals surface area contributed by atoms with Crippen molar-refractivity contribution >= 4 is 11.7 Å². The summed E-state index contributed by atoms with van der Waals surface area (Å²) in [7, 11) is 0. The minimum atomic E-state index is -0.931. The number of nitrogens with two attached hydrogens (primary N) is 1. The molecule has 0 unspecified atom stereocenters. The highest BCUT2D eigenvalue weighted by Crippen LogP contribution is 2.04. The fraction of sp³-hybridized carbons (Fsp3) is 0.588. The van der Waals surface area contributed by atoms with Gasteiger partial charge in [0.25, 0.3) is 0 Å². The standard InChI is InChI=1S/C10H23N.C7H7NO2/c1-4-5-6-7-8-9-11-10(2)3;8-6-3-1-5(2-4-6)7(9)10/h10-11H,4-9H2,1-3H3;1-4H,8H2,(H,9,10). The van der Waals surface area contributed by atoms with E-state index >= 15 is 0 Å². The third kappa shape index (κ3) is 11.9. The van der Waals surface area contributed by atoms with Crippen molar-refractivity contribution in [3.63, 3.8) is 0 Å². The van der Waals surface area contributed by atoms with Crippen molar-refractivity contribution in [2.45, 2.75) is 58.9 Å². The first-order valence-electron chi connectivity index (χ1n) is 7.79. The van der Waals surface area contributed by atoms with Crippen LogP contribution in [0.2, 0.25) is 0 Å². The summed E-state index contributed by atoms with van der Waals surface area (Å²) in [5, 5.41) is 11.9. The Hall–Kier alpha value is -1.55. The molecule has 0 radical (unpaired) electrons. The van der Waals surface area contributed by atoms with E-state index in [0.717, 1.165) is 0 Å². The number of carboxylic acid groups (broad SMARTS) is 1. The SMILES string of the molecule is CCCCCCCNC(C)C.Nc1ccc(C(=O)O)cc1. The number of benzene rings is 1. The first kappa shape index (κ1) is 19.4. The van der Waals surface area contributed by atoms with Crippen LogP contribution in [0.1, 0.15) is 63.2 Å². The van der Waals surface area contributed by atoms with Crippen LogP contribution in [-0.4, -0.2) is 23.7 Å². The van der Waals surface area contributed by atoms with Crippen molar-refractivity contribution < 1.29 is 9.90 Å². The van der Waals surface area contributed by atoms with Gasteiger partial charge in [-0.05, 0) is 37.2 Å². The second-order valence-electron chi connectivity index (χ2n) is 5.45. The molecular formula is C17H30N2O2. The smallest absolute Gasteiger partial charge is 0.335 e. The van der Waals surface area contributed by atoms with Gasteiger partial charge in [-0.1, -0.05) is 46.5 Å². The largest absolute Gasteiger partial charge is 0.478 e. The Morgan fingerprint density at radius 2 is 1.71 bits per heavy atom. The van der Waals surface area contributed by atoms with Gasteiger partial charge in [0.15, 0.2) is 0 Å². The zero-order chi connectivity index (χ0) is 16.1. The van der Waals surface area contributed by atoms with E-state index in [0.29, 0.717) is 11.7 Å². The van der Waals surface area contributed by atoms with E-state index in [1.54, 1.807) is 12.1 Å². The van der Waals surface area contributed by atoms with Gasteiger partial charge in [0, 0.05) is 11.7 Å². The van der Waals surface area contributed by atoms with E-state index in [2.05, 4.69) is 26.1 Å². The van der Waals surface area contributed by atoms with Crippen LogP contribution in [0.4, 0.5) is 5.69 Å². The number of hydrogen-bond donors (Lipinski definition) is 3. The molecule has 0 spiro atoms. The van der Waals surface area contributed by atoms with E-state index in [9.17, 15) is 4.79 Å². The highest BCUT2D eigenvalue weighted by molar-refractivity contribution is 5.87. The number of carboxylic acids is 1. The molecule has 0 atom stereocenters. The molecular weight excluding hydrogens is 264 g/mol. The molecule has 0 aliphatic heterocycles. The fourth-order valence-corrected chi connectivity index (χ4v) is 1.74. The molecule has 0 heterocycles. The summed E-state index contributed by atoms with van der Waals surface area (Å²) in [4.78, 5) is 10.3. The molecule has 0 aliphatic carbocycles. The van der Waals surface area contributed by atoms with E-state index in [4.69, 9.17) is 10.8 Å². The summed E-state index contributed by atoms with van der Waals surface area (Å²) in [5.74, 6) is -0.931. The van der Waals surface area contributed by atoms with Gasteiger partial charge in [-0.3, -0.25) is 0 Å². The summed E-state index contributed by atoms with van der Waals surface area (Å²) < 4.78 is 0. The van der Waals surface area contributed by atoms with Crippen LogP contribution in [0.5, 0.6) is 0 Å². The molecule has 0 amide bonds. The zero-order valence-electron chi connectivity index (χ0n) is 13.6. The highest BCUT2D eigenvalue weighted by atomic mass is 16.4. The van der Waals surface area contributed by atoms with Gasteiger partial charge < -0.3 is 16.2 Å². The molecule has 0 bridgehead atoms. The average Bonchev–Trinajstić information content (AvgIpc) is 2.43. The first-order chi connectivity index (χ1) is 9.97. The molecule has 0 aliphatic rings. The summed E-state index contributed by atoms with van der Waals surface area (Å²) >= 11 is 0. The number of unbranched alkanes of at least 4 members (excludes halogenated alkanes) is 4. The molecule has 0 saturated heterocycles.